The van der Waals surface area contributed by atoms with Gasteiger partial charge in [0.25, 0.3) is 0 Å². The van der Waals surface area contributed by atoms with Crippen LogP contribution in [0.25, 0.3) is 22.4 Å². The topological polar surface area (TPSA) is 3.88 Å². The second-order valence-corrected chi connectivity index (χ2v) is 16.7. The van der Waals surface area contributed by atoms with Gasteiger partial charge < -0.3 is 0 Å². The molecule has 0 N–H and O–H groups in total. The number of benzene rings is 3. The van der Waals surface area contributed by atoms with Crippen molar-refractivity contribution in [2.45, 2.75) is 82.6 Å². The number of rotatable bonds is 2. The molecule has 1 saturated carbocycles. The van der Waals surface area contributed by atoms with Gasteiger partial charge in [-0.3, -0.25) is 0 Å². The van der Waals surface area contributed by atoms with Crippen molar-refractivity contribution >= 4 is 18.4 Å². The van der Waals surface area contributed by atoms with Gasteiger partial charge in [-0.1, -0.05) is 104 Å². The van der Waals surface area contributed by atoms with Crippen LogP contribution in [0.4, 0.5) is 0 Å². The first kappa shape index (κ1) is 21.8. The largest absolute Gasteiger partial charge is 0.213 e. The van der Waals surface area contributed by atoms with E-state index in [1.807, 2.05) is 17.8 Å². The standard InChI is InChI=1S/C37H42NSi/c1-27-14-6-7-15-30(27)34-25-31(28(2)26-38(34)3)29-18-19-33-36(24-29)39(22-12-5-13-23-39)35-17-9-8-16-32(35)37(33)20-10-4-11-21-37/h6-9,14-19,24-26H,4-5,10-13,20-23H2,1-3H3/q+1/i2D3. The maximum Gasteiger partial charge on any atom is 0.213 e. The van der Waals surface area contributed by atoms with E-state index in [0.29, 0.717) is 5.56 Å². The summed E-state index contributed by atoms with van der Waals surface area (Å²) in [4.78, 5) is 0. The lowest BCUT2D eigenvalue weighted by atomic mass is 9.65. The minimum Gasteiger partial charge on any atom is -0.201 e. The normalized spacial score (nSPS) is 20.5. The second-order valence-electron chi connectivity index (χ2n) is 12.5. The van der Waals surface area contributed by atoms with Gasteiger partial charge >= 0.3 is 0 Å². The van der Waals surface area contributed by atoms with E-state index in [2.05, 4.69) is 79.7 Å². The van der Waals surface area contributed by atoms with Crippen LogP contribution in [0.2, 0.25) is 12.1 Å². The third kappa shape index (κ3) is 3.82. The van der Waals surface area contributed by atoms with Gasteiger partial charge in [-0.15, -0.1) is 0 Å². The van der Waals surface area contributed by atoms with E-state index in [1.54, 1.807) is 21.5 Å². The molecule has 2 heteroatoms. The summed E-state index contributed by atoms with van der Waals surface area (Å²) in [6.45, 7) is -0.0739. The first-order valence-corrected chi connectivity index (χ1v) is 17.5. The number of aryl methyl sites for hydroxylation is 3. The molecule has 3 heterocycles. The fourth-order valence-corrected chi connectivity index (χ4v) is 14.4. The molecule has 1 nitrogen and oxygen atoms in total. The molecule has 2 fully saturated rings. The van der Waals surface area contributed by atoms with E-state index in [9.17, 15) is 0 Å². The summed E-state index contributed by atoms with van der Waals surface area (Å²) in [5, 5.41) is 3.30. The van der Waals surface area contributed by atoms with Crippen molar-refractivity contribution in [1.29, 1.82) is 0 Å². The first-order valence-electron chi connectivity index (χ1n) is 16.6. The van der Waals surface area contributed by atoms with Crippen LogP contribution in [0.3, 0.4) is 0 Å². The Morgan fingerprint density at radius 3 is 2.23 bits per heavy atom. The van der Waals surface area contributed by atoms with Crippen molar-refractivity contribution in [3.8, 4) is 22.4 Å². The van der Waals surface area contributed by atoms with Gasteiger partial charge in [0.15, 0.2) is 6.20 Å². The predicted octanol–water partition coefficient (Wildman–Crippen LogP) is 7.77. The fourth-order valence-electron chi connectivity index (χ4n) is 8.54. The number of hydrogen-bond acceptors (Lipinski definition) is 0. The van der Waals surface area contributed by atoms with Gasteiger partial charge in [0.2, 0.25) is 5.69 Å². The lowest BCUT2D eigenvalue weighted by Gasteiger charge is -2.51. The molecule has 4 aromatic rings. The average molecular weight is 532 g/mol. The highest BCUT2D eigenvalue weighted by molar-refractivity contribution is 7.03. The smallest absolute Gasteiger partial charge is 0.201 e. The van der Waals surface area contributed by atoms with Crippen LogP contribution < -0.4 is 14.9 Å². The van der Waals surface area contributed by atoms with Crippen molar-refractivity contribution in [2.24, 2.45) is 7.05 Å². The van der Waals surface area contributed by atoms with Gasteiger partial charge in [0, 0.05) is 26.7 Å². The van der Waals surface area contributed by atoms with Crippen molar-refractivity contribution in [3.63, 3.8) is 0 Å². The van der Waals surface area contributed by atoms with Crippen molar-refractivity contribution in [3.05, 3.63) is 101 Å². The van der Waals surface area contributed by atoms with Gasteiger partial charge in [-0.05, 0) is 77.8 Å². The highest BCUT2D eigenvalue weighted by Gasteiger charge is 2.51. The summed E-state index contributed by atoms with van der Waals surface area (Å²) < 4.78 is 27.6. The molecule has 2 aliphatic heterocycles. The Morgan fingerprint density at radius 2 is 1.44 bits per heavy atom. The van der Waals surface area contributed by atoms with Gasteiger partial charge in [0.1, 0.15) is 15.1 Å². The lowest BCUT2D eigenvalue weighted by Crippen LogP contribution is -2.67. The highest BCUT2D eigenvalue weighted by atomic mass is 28.3. The predicted molar refractivity (Wildman–Crippen MR) is 167 cm³/mol. The van der Waals surface area contributed by atoms with Gasteiger partial charge in [-0.25, -0.2) is 4.57 Å². The molecular formula is C37H42NSi+. The van der Waals surface area contributed by atoms with E-state index >= 15 is 0 Å². The van der Waals surface area contributed by atoms with Crippen LogP contribution in [-0.2, 0) is 12.5 Å². The average Bonchev–Trinajstić information content (AvgIpc) is 3.01. The van der Waals surface area contributed by atoms with Crippen molar-refractivity contribution in [1.82, 2.24) is 0 Å². The van der Waals surface area contributed by atoms with E-state index in [4.69, 9.17) is 4.11 Å². The molecule has 0 atom stereocenters. The molecule has 0 bridgehead atoms. The van der Waals surface area contributed by atoms with Crippen LogP contribution in [0.1, 0.15) is 77.7 Å². The summed E-state index contributed by atoms with van der Waals surface area (Å²) in [6, 6.07) is 29.9. The van der Waals surface area contributed by atoms with E-state index < -0.39 is 14.9 Å². The number of nitrogens with zero attached hydrogens (tertiary/aromatic N) is 1. The minimum atomic E-state index is -2.20. The Hall–Kier alpha value is -2.97. The monoisotopic (exact) mass is 531 g/mol. The zero-order valence-corrected chi connectivity index (χ0v) is 24.5. The molecule has 2 spiro atoms. The zero-order chi connectivity index (χ0) is 29.1. The van der Waals surface area contributed by atoms with E-state index in [0.717, 1.165) is 22.4 Å². The SMILES string of the molecule is [2H]C([2H])([2H])c1c[n+](C)c(-c2ccccc2C)cc1-c1ccc2c(c1)[Si]1(CCCCC1)c1ccccc1C21CCCCC1. The molecule has 0 amide bonds. The molecule has 3 aromatic carbocycles. The molecule has 1 aliphatic carbocycles. The number of fused-ring (bicyclic) bond motifs is 6. The summed E-state index contributed by atoms with van der Waals surface area (Å²) in [5.74, 6) is 0. The minimum absolute atomic E-state index is 0.0979. The van der Waals surface area contributed by atoms with Gasteiger partial charge in [-0.2, -0.15) is 0 Å². The third-order valence-corrected chi connectivity index (χ3v) is 15.8. The summed E-state index contributed by atoms with van der Waals surface area (Å²) >= 11 is 0. The van der Waals surface area contributed by atoms with E-state index in [-0.39, 0.29) is 5.41 Å². The van der Waals surface area contributed by atoms with E-state index in [1.165, 1.54) is 69.0 Å². The zero-order valence-electron chi connectivity index (χ0n) is 26.5. The van der Waals surface area contributed by atoms with Crippen LogP contribution >= 0.6 is 0 Å². The molecule has 0 unspecified atom stereocenters. The molecule has 7 rings (SSSR count). The molecule has 198 valence electrons. The number of aromatic nitrogens is 1. The Morgan fingerprint density at radius 1 is 0.718 bits per heavy atom. The van der Waals surface area contributed by atoms with Crippen LogP contribution in [-0.4, -0.2) is 8.07 Å². The summed E-state index contributed by atoms with van der Waals surface area (Å²) in [6.07, 6.45) is 12.1. The Balaban J connectivity index is 1.50. The number of pyridine rings is 1. The molecule has 1 aromatic heterocycles. The molecule has 39 heavy (non-hydrogen) atoms. The second kappa shape index (κ2) is 9.59. The molecule has 1 saturated heterocycles. The maximum atomic E-state index is 8.54. The van der Waals surface area contributed by atoms with Crippen LogP contribution in [0, 0.1) is 13.8 Å². The lowest BCUT2D eigenvalue weighted by molar-refractivity contribution is -0.660. The Labute approximate surface area is 240 Å². The number of hydrogen-bond donors (Lipinski definition) is 0. The fraction of sp³-hybridized carbons (Fsp3) is 0.378. The third-order valence-electron chi connectivity index (χ3n) is 10.4. The van der Waals surface area contributed by atoms with Crippen molar-refractivity contribution < 1.29 is 8.68 Å². The molecular weight excluding hydrogens is 487 g/mol. The summed E-state index contributed by atoms with van der Waals surface area (Å²) in [7, 11) is -0.0184. The molecule has 3 aliphatic rings. The first-order chi connectivity index (χ1) is 20.2. The van der Waals surface area contributed by atoms with Crippen LogP contribution in [0.5, 0.6) is 0 Å². The summed E-state index contributed by atoms with van der Waals surface area (Å²) in [5.41, 5.74) is 9.05. The maximum absolute atomic E-state index is 8.54. The highest BCUT2D eigenvalue weighted by Crippen LogP contribution is 2.49. The molecule has 0 radical (unpaired) electrons. The van der Waals surface area contributed by atoms with Gasteiger partial charge in [0.05, 0.1) is 0 Å². The Bertz CT molecular complexity index is 1660. The van der Waals surface area contributed by atoms with Crippen molar-refractivity contribution in [2.75, 3.05) is 0 Å². The van der Waals surface area contributed by atoms with Crippen LogP contribution in [0.15, 0.2) is 79.0 Å². The quantitative estimate of drug-likeness (QED) is 0.184. The Kier molecular flexibility index (Phi) is 5.36.